The fourth-order valence-corrected chi connectivity index (χ4v) is 2.16. The number of amides is 1. The van der Waals surface area contributed by atoms with Crippen molar-refractivity contribution < 1.29 is 9.53 Å². The van der Waals surface area contributed by atoms with Crippen LogP contribution in [0.3, 0.4) is 0 Å². The van der Waals surface area contributed by atoms with Crippen molar-refractivity contribution in [3.63, 3.8) is 0 Å². The van der Waals surface area contributed by atoms with E-state index in [0.717, 1.165) is 22.7 Å². The number of rotatable bonds is 5. The van der Waals surface area contributed by atoms with E-state index >= 15 is 0 Å². The number of aryl methyl sites for hydroxylation is 3. The lowest BCUT2D eigenvalue weighted by Gasteiger charge is -2.17. The van der Waals surface area contributed by atoms with Crippen LogP contribution in [0.1, 0.15) is 27.3 Å². The highest BCUT2D eigenvalue weighted by Gasteiger charge is 2.18. The van der Waals surface area contributed by atoms with Crippen molar-refractivity contribution in [2.45, 2.75) is 20.8 Å². The lowest BCUT2D eigenvalue weighted by atomic mass is 10.2. The van der Waals surface area contributed by atoms with Crippen LogP contribution in [0.5, 0.6) is 5.75 Å². The monoisotopic (exact) mass is 287 g/mol. The molecule has 0 unspecified atom stereocenters. The fraction of sp³-hybridized carbons (Fsp3) is 0.375. The van der Waals surface area contributed by atoms with Crippen LogP contribution in [-0.2, 0) is 0 Å². The van der Waals surface area contributed by atoms with Crippen molar-refractivity contribution >= 4 is 5.91 Å². The highest BCUT2D eigenvalue weighted by molar-refractivity contribution is 5.96. The van der Waals surface area contributed by atoms with Gasteiger partial charge in [-0.15, -0.1) is 0 Å². The van der Waals surface area contributed by atoms with Gasteiger partial charge in [-0.1, -0.05) is 12.1 Å². The van der Waals surface area contributed by atoms with Crippen LogP contribution in [0.4, 0.5) is 0 Å². The lowest BCUT2D eigenvalue weighted by Crippen LogP contribution is -2.31. The number of benzene rings is 1. The summed E-state index contributed by atoms with van der Waals surface area (Å²) in [5.41, 5.74) is 3.32. The van der Waals surface area contributed by atoms with Gasteiger partial charge in [-0.25, -0.2) is 0 Å². The van der Waals surface area contributed by atoms with E-state index in [0.29, 0.717) is 18.7 Å². The molecule has 112 valence electrons. The number of aromatic nitrogens is 2. The average Bonchev–Trinajstić information content (AvgIpc) is 2.77. The summed E-state index contributed by atoms with van der Waals surface area (Å²) >= 11 is 0. The summed E-state index contributed by atoms with van der Waals surface area (Å²) in [6.07, 6.45) is 0. The Hall–Kier alpha value is -2.30. The van der Waals surface area contributed by atoms with Crippen LogP contribution in [0.2, 0.25) is 0 Å². The highest BCUT2D eigenvalue weighted by Crippen LogP contribution is 2.13. The molecule has 0 aliphatic rings. The Morgan fingerprint density at radius 3 is 2.71 bits per heavy atom. The van der Waals surface area contributed by atoms with Gasteiger partial charge in [0.15, 0.2) is 0 Å². The van der Waals surface area contributed by atoms with Gasteiger partial charge >= 0.3 is 0 Å². The molecule has 1 N–H and O–H groups in total. The first-order chi connectivity index (χ1) is 9.99. The predicted octanol–water partition coefficient (Wildman–Crippen LogP) is 2.49. The summed E-state index contributed by atoms with van der Waals surface area (Å²) in [7, 11) is 1.77. The largest absolute Gasteiger partial charge is 0.492 e. The van der Waals surface area contributed by atoms with Crippen LogP contribution in [0.15, 0.2) is 24.3 Å². The Morgan fingerprint density at radius 2 is 2.10 bits per heavy atom. The Bertz CT molecular complexity index is 615. The highest BCUT2D eigenvalue weighted by atomic mass is 16.5. The second-order valence-electron chi connectivity index (χ2n) is 5.20. The first-order valence-electron chi connectivity index (χ1n) is 6.95. The molecular weight excluding hydrogens is 266 g/mol. The van der Waals surface area contributed by atoms with Crippen molar-refractivity contribution in [2.24, 2.45) is 0 Å². The quantitative estimate of drug-likeness (QED) is 0.919. The van der Waals surface area contributed by atoms with Crippen LogP contribution in [0, 0.1) is 20.8 Å². The van der Waals surface area contributed by atoms with Crippen molar-refractivity contribution in [1.29, 1.82) is 0 Å². The van der Waals surface area contributed by atoms with Crippen molar-refractivity contribution in [3.8, 4) is 5.75 Å². The number of H-pyrrole nitrogens is 1. The maximum absolute atomic E-state index is 12.4. The van der Waals surface area contributed by atoms with E-state index in [-0.39, 0.29) is 5.91 Å². The van der Waals surface area contributed by atoms with E-state index in [1.165, 1.54) is 0 Å². The van der Waals surface area contributed by atoms with E-state index in [9.17, 15) is 4.79 Å². The van der Waals surface area contributed by atoms with Gasteiger partial charge in [-0.3, -0.25) is 9.89 Å². The zero-order chi connectivity index (χ0) is 15.4. The van der Waals surface area contributed by atoms with E-state index in [2.05, 4.69) is 10.2 Å². The van der Waals surface area contributed by atoms with Gasteiger partial charge in [0.2, 0.25) is 0 Å². The number of nitrogens with one attached hydrogen (secondary N) is 1. The predicted molar refractivity (Wildman–Crippen MR) is 81.7 cm³/mol. The number of aromatic amines is 1. The minimum Gasteiger partial charge on any atom is -0.492 e. The lowest BCUT2D eigenvalue weighted by molar-refractivity contribution is 0.0772. The number of ether oxygens (including phenoxy) is 1. The average molecular weight is 287 g/mol. The topological polar surface area (TPSA) is 58.2 Å². The summed E-state index contributed by atoms with van der Waals surface area (Å²) in [5, 5.41) is 6.89. The van der Waals surface area contributed by atoms with E-state index < -0.39 is 0 Å². The molecule has 2 rings (SSSR count). The van der Waals surface area contributed by atoms with Crippen molar-refractivity contribution in [3.05, 3.63) is 46.8 Å². The van der Waals surface area contributed by atoms with Gasteiger partial charge < -0.3 is 9.64 Å². The summed E-state index contributed by atoms with van der Waals surface area (Å²) in [4.78, 5) is 14.0. The maximum atomic E-state index is 12.4. The SMILES string of the molecule is Cc1cccc(OCCN(C)C(=O)c2c(C)n[nH]c2C)c1. The molecule has 0 aliphatic carbocycles. The number of hydrogen-bond acceptors (Lipinski definition) is 3. The van der Waals surface area contributed by atoms with Gasteiger partial charge in [0, 0.05) is 12.7 Å². The van der Waals surface area contributed by atoms with Crippen LogP contribution in [-0.4, -0.2) is 41.2 Å². The van der Waals surface area contributed by atoms with Crippen molar-refractivity contribution in [2.75, 3.05) is 20.2 Å². The van der Waals surface area contributed by atoms with E-state index in [4.69, 9.17) is 4.74 Å². The van der Waals surface area contributed by atoms with Crippen LogP contribution >= 0.6 is 0 Å². The molecule has 21 heavy (non-hydrogen) atoms. The number of hydrogen-bond donors (Lipinski definition) is 1. The third-order valence-electron chi connectivity index (χ3n) is 3.37. The maximum Gasteiger partial charge on any atom is 0.257 e. The number of nitrogens with zero attached hydrogens (tertiary/aromatic N) is 2. The molecule has 0 spiro atoms. The van der Waals surface area contributed by atoms with Crippen molar-refractivity contribution in [1.82, 2.24) is 15.1 Å². The Balaban J connectivity index is 1.90. The summed E-state index contributed by atoms with van der Waals surface area (Å²) in [6.45, 7) is 6.68. The van der Waals surface area contributed by atoms with E-state index in [1.54, 1.807) is 11.9 Å². The van der Waals surface area contributed by atoms with Gasteiger partial charge in [-0.05, 0) is 38.5 Å². The first-order valence-corrected chi connectivity index (χ1v) is 6.95. The van der Waals surface area contributed by atoms with Gasteiger partial charge in [0.05, 0.1) is 17.8 Å². The van der Waals surface area contributed by atoms with Gasteiger partial charge in [-0.2, -0.15) is 5.10 Å². The molecule has 0 fully saturated rings. The van der Waals surface area contributed by atoms with Crippen LogP contribution in [0.25, 0.3) is 0 Å². The summed E-state index contributed by atoms with van der Waals surface area (Å²) < 4.78 is 5.67. The second-order valence-corrected chi connectivity index (χ2v) is 5.20. The molecule has 1 aromatic heterocycles. The smallest absolute Gasteiger partial charge is 0.257 e. The third-order valence-corrected chi connectivity index (χ3v) is 3.37. The molecule has 0 aliphatic heterocycles. The Morgan fingerprint density at radius 1 is 1.33 bits per heavy atom. The van der Waals surface area contributed by atoms with Crippen LogP contribution < -0.4 is 4.74 Å². The van der Waals surface area contributed by atoms with Gasteiger partial charge in [0.25, 0.3) is 5.91 Å². The molecular formula is C16H21N3O2. The zero-order valence-corrected chi connectivity index (χ0v) is 12.9. The Labute approximate surface area is 124 Å². The standard InChI is InChI=1S/C16H21N3O2/c1-11-6-5-7-14(10-11)21-9-8-19(4)16(20)15-12(2)17-18-13(15)3/h5-7,10H,8-9H2,1-4H3,(H,17,18). The second kappa shape index (κ2) is 6.43. The minimum atomic E-state index is -0.0356. The molecule has 2 aromatic rings. The zero-order valence-electron chi connectivity index (χ0n) is 12.9. The molecule has 1 heterocycles. The number of carbonyl (C=O) groups excluding carboxylic acids is 1. The molecule has 0 radical (unpaired) electrons. The fourth-order valence-electron chi connectivity index (χ4n) is 2.16. The summed E-state index contributed by atoms with van der Waals surface area (Å²) in [6, 6.07) is 7.87. The molecule has 0 saturated heterocycles. The first kappa shape index (κ1) is 15.1. The summed E-state index contributed by atoms with van der Waals surface area (Å²) in [5.74, 6) is 0.790. The van der Waals surface area contributed by atoms with Gasteiger partial charge in [0.1, 0.15) is 12.4 Å². The molecule has 1 aromatic carbocycles. The molecule has 1 amide bonds. The number of likely N-dealkylation sites (N-methyl/N-ethyl adjacent to an activating group) is 1. The molecule has 5 heteroatoms. The molecule has 0 atom stereocenters. The molecule has 5 nitrogen and oxygen atoms in total. The minimum absolute atomic E-state index is 0.0356. The number of carbonyl (C=O) groups is 1. The molecule has 0 bridgehead atoms. The molecule has 0 saturated carbocycles. The normalized spacial score (nSPS) is 10.5. The Kier molecular flexibility index (Phi) is 4.62. The third kappa shape index (κ3) is 3.62. The van der Waals surface area contributed by atoms with E-state index in [1.807, 2.05) is 45.0 Å².